The van der Waals surface area contributed by atoms with E-state index in [0.29, 0.717) is 12.0 Å². The van der Waals surface area contributed by atoms with Crippen LogP contribution in [-0.2, 0) is 25.1 Å². The van der Waals surface area contributed by atoms with Gasteiger partial charge >= 0.3 is 5.97 Å². The summed E-state index contributed by atoms with van der Waals surface area (Å²) in [6, 6.07) is 38.1. The van der Waals surface area contributed by atoms with Crippen LogP contribution in [0.5, 0.6) is 0 Å². The van der Waals surface area contributed by atoms with E-state index in [1.165, 1.54) is 6.92 Å². The molecule has 2 N–H and O–H groups in total. The quantitative estimate of drug-likeness (QED) is 0.194. The van der Waals surface area contributed by atoms with Gasteiger partial charge in [0.25, 0.3) is 8.32 Å². The first-order valence-electron chi connectivity index (χ1n) is 15.8. The van der Waals surface area contributed by atoms with Gasteiger partial charge in [-0.05, 0) is 33.1 Å². The molecule has 1 saturated heterocycles. The van der Waals surface area contributed by atoms with E-state index in [1.807, 2.05) is 72.8 Å². The lowest BCUT2D eigenvalue weighted by atomic mass is 9.89. The van der Waals surface area contributed by atoms with Crippen LogP contribution < -0.4 is 15.7 Å². The Balaban J connectivity index is 1.53. The van der Waals surface area contributed by atoms with Gasteiger partial charge in [0, 0.05) is 13.3 Å². The lowest BCUT2D eigenvalue weighted by molar-refractivity contribution is -0.194. The zero-order valence-electron chi connectivity index (χ0n) is 26.8. The molecule has 0 bridgehead atoms. The van der Waals surface area contributed by atoms with E-state index in [4.69, 9.17) is 13.9 Å². The number of hydrogen-bond donors (Lipinski definition) is 2. The fraction of sp³-hybridized carbons (Fsp3) is 0.316. The van der Waals surface area contributed by atoms with E-state index < -0.39 is 44.7 Å². The number of aliphatic hydroxyl groups is 1. The monoisotopic (exact) mass is 637 g/mol. The van der Waals surface area contributed by atoms with E-state index in [9.17, 15) is 14.7 Å². The molecule has 7 nitrogen and oxygen atoms in total. The Morgan fingerprint density at radius 3 is 1.78 bits per heavy atom. The predicted octanol–water partition coefficient (Wildman–Crippen LogP) is 4.66. The van der Waals surface area contributed by atoms with Gasteiger partial charge in [0.15, 0.2) is 6.10 Å². The Kier molecular flexibility index (Phi) is 10.5. The third kappa shape index (κ3) is 7.31. The van der Waals surface area contributed by atoms with Gasteiger partial charge in [0.1, 0.15) is 12.2 Å². The minimum absolute atomic E-state index is 0.0475. The van der Waals surface area contributed by atoms with Crippen LogP contribution in [0.15, 0.2) is 121 Å². The fourth-order valence-electron chi connectivity index (χ4n) is 6.47. The van der Waals surface area contributed by atoms with Crippen LogP contribution in [-0.4, -0.2) is 62.4 Å². The van der Waals surface area contributed by atoms with E-state index >= 15 is 0 Å². The fourth-order valence-corrected chi connectivity index (χ4v) is 11.0. The van der Waals surface area contributed by atoms with Gasteiger partial charge in [-0.3, -0.25) is 4.79 Å². The van der Waals surface area contributed by atoms with Crippen molar-refractivity contribution in [2.75, 3.05) is 6.61 Å². The summed E-state index contributed by atoms with van der Waals surface area (Å²) in [6.45, 7) is 8.01. The van der Waals surface area contributed by atoms with Gasteiger partial charge in [-0.15, -0.1) is 0 Å². The summed E-state index contributed by atoms with van der Waals surface area (Å²) in [4.78, 5) is 25.8. The van der Waals surface area contributed by atoms with Gasteiger partial charge in [0.2, 0.25) is 5.91 Å². The number of amides is 1. The summed E-state index contributed by atoms with van der Waals surface area (Å²) in [5.41, 5.74) is 1.33. The highest BCUT2D eigenvalue weighted by Crippen LogP contribution is 2.38. The van der Waals surface area contributed by atoms with E-state index in [1.54, 1.807) is 24.3 Å². The largest absolute Gasteiger partial charge is 0.454 e. The third-order valence-electron chi connectivity index (χ3n) is 8.60. The maximum absolute atomic E-state index is 13.4. The Labute approximate surface area is 272 Å². The highest BCUT2D eigenvalue weighted by molar-refractivity contribution is 6.99. The number of rotatable bonds is 10. The van der Waals surface area contributed by atoms with Crippen molar-refractivity contribution in [2.24, 2.45) is 0 Å². The Morgan fingerprint density at radius 2 is 1.28 bits per heavy atom. The molecule has 5 rings (SSSR count). The van der Waals surface area contributed by atoms with Gasteiger partial charge in [0.05, 0.1) is 24.3 Å². The molecule has 1 heterocycles. The molecule has 1 fully saturated rings. The van der Waals surface area contributed by atoms with Crippen LogP contribution in [0.25, 0.3) is 0 Å². The van der Waals surface area contributed by atoms with Crippen LogP contribution in [0.1, 0.15) is 43.6 Å². The number of ether oxygens (including phenoxy) is 2. The van der Waals surface area contributed by atoms with E-state index in [-0.39, 0.29) is 17.6 Å². The summed E-state index contributed by atoms with van der Waals surface area (Å²) in [5.74, 6) is -0.909. The molecule has 0 aliphatic carbocycles. The highest BCUT2D eigenvalue weighted by Gasteiger charge is 2.53. The molecular weight excluding hydrogens is 595 g/mol. The molecule has 1 aliphatic rings. The minimum Gasteiger partial charge on any atom is -0.454 e. The molecular formula is C38H43NO6Si. The van der Waals surface area contributed by atoms with Crippen LogP contribution >= 0.6 is 0 Å². The van der Waals surface area contributed by atoms with Crippen molar-refractivity contribution < 1.29 is 28.6 Å². The van der Waals surface area contributed by atoms with E-state index in [0.717, 1.165) is 15.9 Å². The summed E-state index contributed by atoms with van der Waals surface area (Å²) in [7, 11) is -2.98. The molecule has 8 heteroatoms. The molecule has 1 aliphatic heterocycles. The first-order valence-corrected chi connectivity index (χ1v) is 17.7. The summed E-state index contributed by atoms with van der Waals surface area (Å²) in [6.07, 6.45) is -3.42. The van der Waals surface area contributed by atoms with Crippen LogP contribution in [0.3, 0.4) is 0 Å². The Hall–Kier alpha value is -4.08. The van der Waals surface area contributed by atoms with Gasteiger partial charge < -0.3 is 24.3 Å². The molecule has 240 valence electrons. The number of benzene rings is 4. The molecule has 0 spiro atoms. The average molecular weight is 638 g/mol. The van der Waals surface area contributed by atoms with Gasteiger partial charge in [-0.2, -0.15) is 0 Å². The maximum Gasteiger partial charge on any atom is 0.338 e. The van der Waals surface area contributed by atoms with Crippen LogP contribution in [0, 0.1) is 0 Å². The molecule has 4 aromatic carbocycles. The third-order valence-corrected chi connectivity index (χ3v) is 13.6. The van der Waals surface area contributed by atoms with Crippen LogP contribution in [0.2, 0.25) is 5.04 Å². The predicted molar refractivity (Wildman–Crippen MR) is 182 cm³/mol. The van der Waals surface area contributed by atoms with Crippen LogP contribution in [0.4, 0.5) is 0 Å². The zero-order valence-corrected chi connectivity index (χ0v) is 27.8. The van der Waals surface area contributed by atoms with E-state index in [2.05, 4.69) is 50.4 Å². The molecule has 0 saturated carbocycles. The Bertz CT molecular complexity index is 1520. The first kappa shape index (κ1) is 33.3. The number of aliphatic hydroxyl groups excluding tert-OH is 1. The summed E-state index contributed by atoms with van der Waals surface area (Å²) < 4.78 is 19.9. The smallest absolute Gasteiger partial charge is 0.338 e. The number of esters is 1. The maximum atomic E-state index is 13.4. The van der Waals surface area contributed by atoms with Crippen molar-refractivity contribution in [2.45, 2.75) is 69.6 Å². The van der Waals surface area contributed by atoms with Crippen molar-refractivity contribution >= 4 is 30.6 Å². The summed E-state index contributed by atoms with van der Waals surface area (Å²) >= 11 is 0. The number of hydrogen-bond acceptors (Lipinski definition) is 6. The highest BCUT2D eigenvalue weighted by atomic mass is 28.4. The van der Waals surface area contributed by atoms with Crippen molar-refractivity contribution in [3.8, 4) is 0 Å². The number of carbonyl (C=O) groups is 2. The molecule has 0 aromatic heterocycles. The normalized spacial score (nSPS) is 21.7. The van der Waals surface area contributed by atoms with Crippen molar-refractivity contribution in [1.82, 2.24) is 5.32 Å². The molecule has 0 radical (unpaired) electrons. The number of nitrogens with one attached hydrogen (secondary N) is 1. The second kappa shape index (κ2) is 14.6. The lowest BCUT2D eigenvalue weighted by Gasteiger charge is -2.47. The zero-order chi connectivity index (χ0) is 32.7. The first-order chi connectivity index (χ1) is 22.1. The van der Waals surface area contributed by atoms with Crippen molar-refractivity contribution in [3.05, 3.63) is 132 Å². The average Bonchev–Trinajstić information content (AvgIpc) is 3.06. The molecule has 1 amide bonds. The van der Waals surface area contributed by atoms with Crippen molar-refractivity contribution in [1.29, 1.82) is 0 Å². The standard InChI is InChI=1S/C38H43NO6Si/c1-27(40)39-34-32(25-28-17-9-5-10-18-28)44-33(35(41)36(34)45-37(42)29-19-11-6-12-20-29)26-43-46(38(2,3)4,30-21-13-7-14-22-30)31-23-15-8-16-24-31/h5-24,32-36,41H,25-26H2,1-4H3,(H,39,40)/t32?,33?,34?,35-,36+/m0/s1. The molecule has 46 heavy (non-hydrogen) atoms. The summed E-state index contributed by atoms with van der Waals surface area (Å²) in [5, 5.41) is 16.7. The Morgan fingerprint density at radius 1 is 0.783 bits per heavy atom. The van der Waals surface area contributed by atoms with Gasteiger partial charge in [-0.25, -0.2) is 4.79 Å². The second-order valence-electron chi connectivity index (χ2n) is 12.8. The van der Waals surface area contributed by atoms with Crippen molar-refractivity contribution in [3.63, 3.8) is 0 Å². The topological polar surface area (TPSA) is 94.1 Å². The lowest BCUT2D eigenvalue weighted by Crippen LogP contribution is -2.69. The second-order valence-corrected chi connectivity index (χ2v) is 17.1. The molecule has 3 unspecified atom stereocenters. The van der Waals surface area contributed by atoms with Gasteiger partial charge in [-0.1, -0.05) is 130 Å². The molecule has 5 atom stereocenters. The number of carbonyl (C=O) groups excluding carboxylic acids is 2. The molecule has 4 aromatic rings. The minimum atomic E-state index is -2.98. The SMILES string of the molecule is CC(=O)NC1C(Cc2ccccc2)OC(CO[Si](c2ccccc2)(c2ccccc2)C(C)(C)C)[C@H](O)[C@@H]1OC(=O)c1ccccc1.